The van der Waals surface area contributed by atoms with Crippen molar-refractivity contribution < 1.29 is 24.2 Å². The Balaban J connectivity index is 1.48. The fourth-order valence-electron chi connectivity index (χ4n) is 8.19. The number of halogens is 1. The van der Waals surface area contributed by atoms with E-state index >= 15 is 0 Å². The normalized spacial score (nSPS) is 29.7. The maximum absolute atomic E-state index is 13.9. The van der Waals surface area contributed by atoms with E-state index in [9.17, 15) is 14.7 Å². The summed E-state index contributed by atoms with van der Waals surface area (Å²) in [5, 5.41) is 13.0. The molecule has 1 amide bonds. The van der Waals surface area contributed by atoms with Gasteiger partial charge in [0, 0.05) is 52.9 Å². The molecule has 9 heteroatoms. The predicted octanol–water partition coefficient (Wildman–Crippen LogP) is 5.69. The number of carbonyl (C=O) groups is 2. The van der Waals surface area contributed by atoms with Crippen LogP contribution in [0.2, 0.25) is 0 Å². The summed E-state index contributed by atoms with van der Waals surface area (Å²) in [7, 11) is 0. The maximum Gasteiger partial charge on any atom is 0.303 e. The van der Waals surface area contributed by atoms with Crippen molar-refractivity contribution in [3.8, 4) is 11.5 Å². The van der Waals surface area contributed by atoms with Gasteiger partial charge in [0.15, 0.2) is 11.5 Å². The van der Waals surface area contributed by atoms with Gasteiger partial charge in [0.25, 0.3) is 0 Å². The highest BCUT2D eigenvalue weighted by Crippen LogP contribution is 2.67. The highest BCUT2D eigenvalue weighted by atomic mass is 79.9. The molecule has 1 saturated carbocycles. The Kier molecular flexibility index (Phi) is 7.35. The zero-order chi connectivity index (χ0) is 29.1. The molecular weight excluding hydrogens is 604 g/mol. The number of rotatable bonds is 8. The molecule has 1 aromatic carbocycles. The topological polar surface area (TPSA) is 79.3 Å². The van der Waals surface area contributed by atoms with Crippen LogP contribution < -0.4 is 4.74 Å². The van der Waals surface area contributed by atoms with E-state index in [1.807, 2.05) is 34.6 Å². The number of phenols is 1. The molecule has 1 saturated heterocycles. The van der Waals surface area contributed by atoms with Gasteiger partial charge in [-0.1, -0.05) is 26.0 Å². The molecule has 3 heterocycles. The molecule has 41 heavy (non-hydrogen) atoms. The van der Waals surface area contributed by atoms with Crippen molar-refractivity contribution in [3.63, 3.8) is 0 Å². The third-order valence-electron chi connectivity index (χ3n) is 9.41. The quantitative estimate of drug-likeness (QED) is 0.227. The number of aromatic hydroxyl groups is 1. The van der Waals surface area contributed by atoms with Gasteiger partial charge in [0.2, 0.25) is 5.91 Å². The van der Waals surface area contributed by atoms with E-state index in [0.29, 0.717) is 44.5 Å². The number of amides is 1. The van der Waals surface area contributed by atoms with Gasteiger partial charge in [-0.05, 0) is 71.3 Å². The molecule has 2 aliphatic heterocycles. The minimum atomic E-state index is -0.834. The molecule has 1 spiro atoms. The van der Waals surface area contributed by atoms with Crippen LogP contribution in [0.4, 0.5) is 0 Å². The number of hydrogen-bond donors (Lipinski definition) is 1. The third kappa shape index (κ3) is 4.38. The van der Waals surface area contributed by atoms with Gasteiger partial charge < -0.3 is 19.5 Å². The molecular formula is C32H37BrN2O5S. The summed E-state index contributed by atoms with van der Waals surface area (Å²) in [5.41, 5.74) is 0.578. The summed E-state index contributed by atoms with van der Waals surface area (Å²) in [5.74, 6) is 0.443. The standard InChI is InChI=1S/C32H37BrN2O5S/c1-5-13-34-14-12-31-28-21-6-8-25(37)29(28)39-30(31)24(10-11-32(31,26(34)15-21)40-20(4)36)35(17-19(2)3)27(38)9-7-23-16-22(33)18-41-23/h5-9,16,18-19,24,26,30,37H,1,10-15,17H2,2-4H3/b9-7+/t24-,26+,30-,31-,32+/m0/s1. The molecule has 0 unspecified atom stereocenters. The van der Waals surface area contributed by atoms with Crippen LogP contribution in [0.3, 0.4) is 0 Å². The number of phenolic OH excluding ortho intramolecular Hbond substituents is 1. The molecule has 1 N–H and O–H groups in total. The summed E-state index contributed by atoms with van der Waals surface area (Å²) in [6.07, 6.45) is 7.59. The zero-order valence-corrected chi connectivity index (χ0v) is 26.2. The largest absolute Gasteiger partial charge is 0.504 e. The van der Waals surface area contributed by atoms with E-state index in [2.05, 4.69) is 41.3 Å². The second kappa shape index (κ2) is 10.6. The van der Waals surface area contributed by atoms with Crippen molar-refractivity contribution in [2.45, 2.75) is 75.7 Å². The van der Waals surface area contributed by atoms with Crippen molar-refractivity contribution in [1.29, 1.82) is 0 Å². The molecule has 2 fully saturated rings. The monoisotopic (exact) mass is 640 g/mol. The lowest BCUT2D eigenvalue weighted by atomic mass is 9.48. The molecule has 4 aliphatic rings. The van der Waals surface area contributed by atoms with Gasteiger partial charge in [-0.3, -0.25) is 14.5 Å². The number of piperidine rings is 1. The minimum Gasteiger partial charge on any atom is -0.504 e. The first-order valence-electron chi connectivity index (χ1n) is 14.4. The SMILES string of the molecule is C=CCN1CC[C@]23c4c5ccc(O)c4O[C@H]2[C@@H](N(CC(C)C)C(=O)/C=C/c2cc(Br)cs2)CC[C@@]3(OC(C)=O)[C@H]1C5. The zero-order valence-electron chi connectivity index (χ0n) is 23.8. The Morgan fingerprint density at radius 3 is 2.85 bits per heavy atom. The van der Waals surface area contributed by atoms with Crippen LogP contribution >= 0.6 is 27.3 Å². The number of thiophene rings is 1. The molecule has 2 bridgehead atoms. The first kappa shape index (κ1) is 28.5. The average molecular weight is 642 g/mol. The second-order valence-electron chi connectivity index (χ2n) is 12.2. The van der Waals surface area contributed by atoms with Gasteiger partial charge in [-0.2, -0.15) is 0 Å². The molecule has 218 valence electrons. The number of esters is 1. The van der Waals surface area contributed by atoms with E-state index in [1.54, 1.807) is 23.5 Å². The highest BCUT2D eigenvalue weighted by Gasteiger charge is 2.75. The summed E-state index contributed by atoms with van der Waals surface area (Å²) in [6, 6.07) is 5.39. The molecule has 0 radical (unpaired) electrons. The van der Waals surface area contributed by atoms with E-state index in [4.69, 9.17) is 9.47 Å². The summed E-state index contributed by atoms with van der Waals surface area (Å²) in [6.45, 7) is 11.8. The first-order chi connectivity index (χ1) is 19.6. The van der Waals surface area contributed by atoms with Crippen molar-refractivity contribution in [2.24, 2.45) is 5.92 Å². The second-order valence-corrected chi connectivity index (χ2v) is 14.0. The smallest absolute Gasteiger partial charge is 0.303 e. The van der Waals surface area contributed by atoms with Gasteiger partial charge in [0.1, 0.15) is 11.7 Å². The van der Waals surface area contributed by atoms with E-state index in [0.717, 1.165) is 27.0 Å². The molecule has 1 aromatic heterocycles. The Morgan fingerprint density at radius 2 is 2.17 bits per heavy atom. The molecule has 6 rings (SSSR count). The number of ether oxygens (including phenoxy) is 2. The van der Waals surface area contributed by atoms with Crippen molar-refractivity contribution in [1.82, 2.24) is 9.80 Å². The molecule has 2 aliphatic carbocycles. The van der Waals surface area contributed by atoms with Crippen LogP contribution in [0.25, 0.3) is 6.08 Å². The van der Waals surface area contributed by atoms with Crippen molar-refractivity contribution in [2.75, 3.05) is 19.6 Å². The lowest BCUT2D eigenvalue weighted by Crippen LogP contribution is -2.79. The van der Waals surface area contributed by atoms with Crippen molar-refractivity contribution >= 4 is 45.2 Å². The van der Waals surface area contributed by atoms with Gasteiger partial charge in [-0.15, -0.1) is 17.9 Å². The fourth-order valence-corrected chi connectivity index (χ4v) is 9.53. The van der Waals surface area contributed by atoms with Crippen LogP contribution in [-0.4, -0.2) is 70.2 Å². The summed E-state index contributed by atoms with van der Waals surface area (Å²) in [4.78, 5) is 32.1. The number of nitrogens with zero attached hydrogens (tertiary/aromatic N) is 2. The number of likely N-dealkylation sites (tertiary alicyclic amines) is 1. The summed E-state index contributed by atoms with van der Waals surface area (Å²) < 4.78 is 14.3. The predicted molar refractivity (Wildman–Crippen MR) is 163 cm³/mol. The van der Waals surface area contributed by atoms with Crippen LogP contribution in [0.5, 0.6) is 11.5 Å². The van der Waals surface area contributed by atoms with Crippen molar-refractivity contribution in [3.05, 3.63) is 62.8 Å². The number of benzene rings is 1. The van der Waals surface area contributed by atoms with Gasteiger partial charge in [0.05, 0.1) is 17.5 Å². The molecule has 7 nitrogen and oxygen atoms in total. The van der Waals surface area contributed by atoms with Crippen LogP contribution in [-0.2, 0) is 26.2 Å². The van der Waals surface area contributed by atoms with Crippen LogP contribution in [0, 0.1) is 5.92 Å². The first-order valence-corrected chi connectivity index (χ1v) is 16.1. The number of hydrogen-bond acceptors (Lipinski definition) is 7. The number of carbonyl (C=O) groups excluding carboxylic acids is 2. The van der Waals surface area contributed by atoms with Crippen LogP contribution in [0.15, 0.2) is 46.8 Å². The van der Waals surface area contributed by atoms with E-state index in [-0.39, 0.29) is 35.6 Å². The highest BCUT2D eigenvalue weighted by molar-refractivity contribution is 9.10. The maximum atomic E-state index is 13.9. The Hall–Kier alpha value is -2.62. The molecule has 5 atom stereocenters. The average Bonchev–Trinajstić information content (AvgIpc) is 3.49. The third-order valence-corrected chi connectivity index (χ3v) is 11.1. The lowest BCUT2D eigenvalue weighted by Gasteiger charge is -2.65. The Bertz CT molecular complexity index is 1420. The fraction of sp³-hybridized carbons (Fsp3) is 0.500. The Morgan fingerprint density at radius 1 is 1.37 bits per heavy atom. The van der Waals surface area contributed by atoms with Crippen LogP contribution in [0.1, 0.15) is 56.0 Å². The van der Waals surface area contributed by atoms with E-state index < -0.39 is 17.1 Å². The van der Waals surface area contributed by atoms with Gasteiger partial charge >= 0.3 is 5.97 Å². The summed E-state index contributed by atoms with van der Waals surface area (Å²) >= 11 is 5.06. The Labute approximate surface area is 253 Å². The van der Waals surface area contributed by atoms with Gasteiger partial charge in [-0.25, -0.2) is 0 Å². The molecule has 2 aromatic rings. The minimum absolute atomic E-state index is 0.0559. The van der Waals surface area contributed by atoms with E-state index in [1.165, 1.54) is 6.92 Å². The lowest BCUT2D eigenvalue weighted by molar-refractivity contribution is -0.223.